The van der Waals surface area contributed by atoms with Gasteiger partial charge in [0, 0.05) is 48.7 Å². The molecule has 1 aliphatic rings. The Balaban J connectivity index is 1.32. The first-order valence-electron chi connectivity index (χ1n) is 14.5. The SMILES string of the molecule is CC(C)(C)OC(=O)NCC(Cc1cccc(-c2cnc3c(CCCN4CCOCC4)nccn23)n1)c1cccc(Cl)c1. The Labute approximate surface area is 252 Å². The van der Waals surface area contributed by atoms with Crippen molar-refractivity contribution >= 4 is 23.3 Å². The van der Waals surface area contributed by atoms with E-state index < -0.39 is 11.7 Å². The number of benzene rings is 1. The molecule has 5 rings (SSSR count). The zero-order valence-corrected chi connectivity index (χ0v) is 25.3. The van der Waals surface area contributed by atoms with Crippen molar-refractivity contribution in [2.45, 2.75) is 51.6 Å². The molecular weight excluding hydrogens is 552 g/mol. The molecule has 222 valence electrons. The summed E-state index contributed by atoms with van der Waals surface area (Å²) in [5.74, 6) is -0.0524. The number of hydrogen-bond donors (Lipinski definition) is 1. The summed E-state index contributed by atoms with van der Waals surface area (Å²) in [7, 11) is 0. The molecule has 42 heavy (non-hydrogen) atoms. The number of nitrogens with zero attached hydrogens (tertiary/aromatic N) is 5. The third kappa shape index (κ3) is 8.06. The molecule has 1 unspecified atom stereocenters. The van der Waals surface area contributed by atoms with E-state index in [9.17, 15) is 4.79 Å². The minimum atomic E-state index is -0.572. The zero-order chi connectivity index (χ0) is 29.5. The summed E-state index contributed by atoms with van der Waals surface area (Å²) in [6.07, 6.45) is 7.68. The normalized spacial score (nSPS) is 15.0. The number of amides is 1. The van der Waals surface area contributed by atoms with E-state index in [1.54, 1.807) is 0 Å². The molecule has 0 spiro atoms. The fourth-order valence-electron chi connectivity index (χ4n) is 5.21. The Morgan fingerprint density at radius 2 is 1.95 bits per heavy atom. The number of nitrogens with one attached hydrogen (secondary N) is 1. The number of pyridine rings is 1. The van der Waals surface area contributed by atoms with Crippen LogP contribution in [0.4, 0.5) is 4.79 Å². The van der Waals surface area contributed by atoms with E-state index in [4.69, 9.17) is 31.0 Å². The Bertz CT molecular complexity index is 1500. The number of aryl methyl sites for hydroxylation is 1. The summed E-state index contributed by atoms with van der Waals surface area (Å²) in [5.41, 5.74) is 4.94. The van der Waals surface area contributed by atoms with Crippen molar-refractivity contribution in [1.82, 2.24) is 29.6 Å². The number of carbonyl (C=O) groups excluding carboxylic acids is 1. The van der Waals surface area contributed by atoms with Gasteiger partial charge in [0.25, 0.3) is 0 Å². The van der Waals surface area contributed by atoms with Crippen LogP contribution in [0.3, 0.4) is 0 Å². The highest BCUT2D eigenvalue weighted by molar-refractivity contribution is 6.30. The second-order valence-corrected chi connectivity index (χ2v) is 12.1. The molecule has 3 aromatic heterocycles. The summed E-state index contributed by atoms with van der Waals surface area (Å²) >= 11 is 6.32. The van der Waals surface area contributed by atoms with Gasteiger partial charge < -0.3 is 14.8 Å². The molecule has 1 aliphatic heterocycles. The summed E-state index contributed by atoms with van der Waals surface area (Å²) in [4.78, 5) is 29.3. The Hall–Kier alpha value is -3.53. The molecule has 10 heteroatoms. The van der Waals surface area contributed by atoms with Crippen LogP contribution >= 0.6 is 11.6 Å². The summed E-state index contributed by atoms with van der Waals surface area (Å²) < 4.78 is 13.0. The van der Waals surface area contributed by atoms with Crippen LogP contribution in [0.2, 0.25) is 5.02 Å². The summed E-state index contributed by atoms with van der Waals surface area (Å²) in [6, 6.07) is 13.7. The lowest BCUT2D eigenvalue weighted by Crippen LogP contribution is -2.37. The monoisotopic (exact) mass is 590 g/mol. The average Bonchev–Trinajstić information content (AvgIpc) is 3.40. The van der Waals surface area contributed by atoms with E-state index in [0.29, 0.717) is 18.0 Å². The number of halogens is 1. The van der Waals surface area contributed by atoms with Gasteiger partial charge in [-0.3, -0.25) is 19.3 Å². The molecule has 0 aliphatic carbocycles. The van der Waals surface area contributed by atoms with E-state index in [1.165, 1.54) is 0 Å². The molecular formula is C32H39ClN6O3. The smallest absolute Gasteiger partial charge is 0.407 e. The van der Waals surface area contributed by atoms with Crippen molar-refractivity contribution in [1.29, 1.82) is 0 Å². The Morgan fingerprint density at radius 3 is 2.74 bits per heavy atom. The van der Waals surface area contributed by atoms with Gasteiger partial charge in [-0.15, -0.1) is 0 Å². The minimum absolute atomic E-state index is 0.0524. The number of ether oxygens (including phenoxy) is 2. The van der Waals surface area contributed by atoms with Gasteiger partial charge in [0.2, 0.25) is 0 Å². The average molecular weight is 591 g/mol. The predicted molar refractivity (Wildman–Crippen MR) is 164 cm³/mol. The van der Waals surface area contributed by atoms with Crippen LogP contribution < -0.4 is 5.32 Å². The van der Waals surface area contributed by atoms with Crippen molar-refractivity contribution in [2.75, 3.05) is 39.4 Å². The van der Waals surface area contributed by atoms with Gasteiger partial charge in [-0.2, -0.15) is 0 Å². The van der Waals surface area contributed by atoms with Crippen molar-refractivity contribution in [3.05, 3.63) is 83.0 Å². The van der Waals surface area contributed by atoms with Gasteiger partial charge in [-0.25, -0.2) is 9.78 Å². The van der Waals surface area contributed by atoms with E-state index in [2.05, 4.69) is 19.6 Å². The molecule has 1 N–H and O–H groups in total. The fourth-order valence-corrected chi connectivity index (χ4v) is 5.41. The van der Waals surface area contributed by atoms with Crippen LogP contribution in [-0.4, -0.2) is 75.3 Å². The number of carbonyl (C=O) groups is 1. The molecule has 9 nitrogen and oxygen atoms in total. The zero-order valence-electron chi connectivity index (χ0n) is 24.6. The van der Waals surface area contributed by atoms with E-state index >= 15 is 0 Å². The number of hydrogen-bond acceptors (Lipinski definition) is 7. The van der Waals surface area contributed by atoms with Crippen LogP contribution in [0.25, 0.3) is 17.0 Å². The van der Waals surface area contributed by atoms with Gasteiger partial charge in [0.05, 0.1) is 36.5 Å². The lowest BCUT2D eigenvalue weighted by molar-refractivity contribution is 0.0374. The molecule has 1 atom stereocenters. The van der Waals surface area contributed by atoms with Gasteiger partial charge in [-0.1, -0.05) is 29.8 Å². The summed E-state index contributed by atoms with van der Waals surface area (Å²) in [5, 5.41) is 3.57. The Kier molecular flexibility index (Phi) is 9.72. The Morgan fingerprint density at radius 1 is 1.14 bits per heavy atom. The van der Waals surface area contributed by atoms with Crippen LogP contribution in [0, 0.1) is 0 Å². The van der Waals surface area contributed by atoms with Crippen LogP contribution in [0.5, 0.6) is 0 Å². The number of rotatable bonds is 10. The van der Waals surface area contributed by atoms with E-state index in [-0.39, 0.29) is 5.92 Å². The number of fused-ring (bicyclic) bond motifs is 1. The van der Waals surface area contributed by atoms with Crippen LogP contribution in [-0.2, 0) is 22.3 Å². The predicted octanol–water partition coefficient (Wildman–Crippen LogP) is 5.56. The number of morpholine rings is 1. The van der Waals surface area contributed by atoms with Crippen molar-refractivity contribution in [2.24, 2.45) is 0 Å². The highest BCUT2D eigenvalue weighted by Crippen LogP contribution is 2.26. The topological polar surface area (TPSA) is 93.9 Å². The van der Waals surface area contributed by atoms with Crippen LogP contribution in [0.1, 0.15) is 50.1 Å². The van der Waals surface area contributed by atoms with Gasteiger partial charge in [0.1, 0.15) is 5.60 Å². The molecule has 0 saturated carbocycles. The molecule has 4 aromatic rings. The van der Waals surface area contributed by atoms with Crippen molar-refractivity contribution in [3.63, 3.8) is 0 Å². The maximum atomic E-state index is 12.4. The lowest BCUT2D eigenvalue weighted by atomic mass is 9.93. The van der Waals surface area contributed by atoms with E-state index in [0.717, 1.165) is 79.7 Å². The van der Waals surface area contributed by atoms with Gasteiger partial charge in [0.15, 0.2) is 5.65 Å². The molecule has 0 radical (unpaired) electrons. The first-order valence-corrected chi connectivity index (χ1v) is 14.9. The maximum absolute atomic E-state index is 12.4. The first-order chi connectivity index (χ1) is 20.2. The highest BCUT2D eigenvalue weighted by atomic mass is 35.5. The van der Waals surface area contributed by atoms with E-state index in [1.807, 2.05) is 81.8 Å². The second-order valence-electron chi connectivity index (χ2n) is 11.6. The first kappa shape index (κ1) is 29.9. The number of imidazole rings is 1. The molecule has 0 bridgehead atoms. The molecule has 1 amide bonds. The standard InChI is InChI=1S/C32H39ClN6O3/c1-32(2,3)42-31(40)36-21-24(23-7-4-8-25(33)19-23)20-26-9-5-10-27(37-26)29-22-35-30-28(34-12-14-39(29)30)11-6-13-38-15-17-41-18-16-38/h4-5,7-10,12,14,19,22,24H,6,11,13,15-18,20-21H2,1-3H3,(H,36,40). The van der Waals surface area contributed by atoms with Crippen LogP contribution in [0.15, 0.2) is 61.1 Å². The third-order valence-corrected chi connectivity index (χ3v) is 7.46. The van der Waals surface area contributed by atoms with Crippen molar-refractivity contribution in [3.8, 4) is 11.4 Å². The van der Waals surface area contributed by atoms with Gasteiger partial charge >= 0.3 is 6.09 Å². The highest BCUT2D eigenvalue weighted by Gasteiger charge is 2.20. The fraction of sp³-hybridized carbons (Fsp3) is 0.438. The number of aromatic nitrogens is 4. The quantitative estimate of drug-likeness (QED) is 0.258. The second kappa shape index (κ2) is 13.6. The summed E-state index contributed by atoms with van der Waals surface area (Å²) in [6.45, 7) is 10.6. The molecule has 1 fully saturated rings. The van der Waals surface area contributed by atoms with Gasteiger partial charge in [-0.05, 0) is 76.4 Å². The lowest BCUT2D eigenvalue weighted by Gasteiger charge is -2.26. The van der Waals surface area contributed by atoms with Crippen molar-refractivity contribution < 1.29 is 14.3 Å². The molecule has 1 saturated heterocycles. The largest absolute Gasteiger partial charge is 0.444 e. The molecule has 1 aromatic carbocycles. The minimum Gasteiger partial charge on any atom is -0.444 e. The molecule has 4 heterocycles. The number of alkyl carbamates (subject to hydrolysis) is 1. The maximum Gasteiger partial charge on any atom is 0.407 e. The third-order valence-electron chi connectivity index (χ3n) is 7.23.